The van der Waals surface area contributed by atoms with Crippen LogP contribution in [-0.4, -0.2) is 24.9 Å². The van der Waals surface area contributed by atoms with Crippen molar-refractivity contribution in [2.24, 2.45) is 0 Å². The number of para-hydroxylation sites is 1. The van der Waals surface area contributed by atoms with E-state index in [1.165, 1.54) is 18.2 Å². The van der Waals surface area contributed by atoms with Crippen LogP contribution in [0.25, 0.3) is 6.08 Å². The molecule has 0 bridgehead atoms. The Morgan fingerprint density at radius 3 is 2.62 bits per heavy atom. The van der Waals surface area contributed by atoms with Gasteiger partial charge < -0.3 is 9.47 Å². The molecule has 6 nitrogen and oxygen atoms in total. The van der Waals surface area contributed by atoms with E-state index in [9.17, 15) is 14.9 Å². The highest BCUT2D eigenvalue weighted by Crippen LogP contribution is 2.22. The summed E-state index contributed by atoms with van der Waals surface area (Å²) in [5.74, 6) is 0.379. The number of hydrogen-bond acceptors (Lipinski definition) is 5. The van der Waals surface area contributed by atoms with Gasteiger partial charge in [-0.05, 0) is 36.4 Å². The lowest BCUT2D eigenvalue weighted by Gasteiger charge is -2.08. The topological polar surface area (TPSA) is 78.7 Å². The van der Waals surface area contributed by atoms with Crippen LogP contribution in [-0.2, 0) is 11.3 Å². The van der Waals surface area contributed by atoms with Crippen molar-refractivity contribution in [2.75, 3.05) is 14.2 Å². The monoisotopic (exact) mass is 327 g/mol. The fraction of sp³-hybridized carbons (Fsp3) is 0.167. The second-order valence-corrected chi connectivity index (χ2v) is 4.97. The van der Waals surface area contributed by atoms with Crippen LogP contribution in [0.4, 0.5) is 5.69 Å². The summed E-state index contributed by atoms with van der Waals surface area (Å²) in [6.07, 6.45) is 2.77. The number of methoxy groups -OCH3 is 2. The molecule has 2 rings (SSSR count). The Labute approximate surface area is 139 Å². The molecule has 0 aliphatic carbocycles. The van der Waals surface area contributed by atoms with Gasteiger partial charge in [-0.2, -0.15) is 0 Å². The molecule has 0 atom stereocenters. The van der Waals surface area contributed by atoms with Crippen molar-refractivity contribution in [3.63, 3.8) is 0 Å². The van der Waals surface area contributed by atoms with Gasteiger partial charge in [-0.25, -0.2) is 0 Å². The summed E-state index contributed by atoms with van der Waals surface area (Å²) in [4.78, 5) is 22.8. The summed E-state index contributed by atoms with van der Waals surface area (Å²) in [5.41, 5.74) is 1.54. The van der Waals surface area contributed by atoms with Crippen LogP contribution in [0.2, 0.25) is 0 Å². The smallest absolute Gasteiger partial charge is 0.276 e. The lowest BCUT2D eigenvalue weighted by Crippen LogP contribution is -2.00. The molecule has 0 N–H and O–H groups in total. The molecule has 0 heterocycles. The van der Waals surface area contributed by atoms with Gasteiger partial charge in [-0.3, -0.25) is 14.9 Å². The number of hydrogen-bond donors (Lipinski definition) is 0. The Bertz CT molecular complexity index is 783. The Morgan fingerprint density at radius 1 is 1.21 bits per heavy atom. The summed E-state index contributed by atoms with van der Waals surface area (Å²) in [6, 6.07) is 11.3. The number of ether oxygens (including phenoxy) is 2. The maximum atomic E-state index is 12.3. The maximum Gasteiger partial charge on any atom is 0.276 e. The Hall–Kier alpha value is -2.99. The van der Waals surface area contributed by atoms with Crippen molar-refractivity contribution in [2.45, 2.75) is 6.61 Å². The van der Waals surface area contributed by atoms with Gasteiger partial charge in [0.2, 0.25) is 0 Å². The number of carbonyl (C=O) groups is 1. The lowest BCUT2D eigenvalue weighted by molar-refractivity contribution is -0.385. The van der Waals surface area contributed by atoms with E-state index in [2.05, 4.69) is 0 Å². The summed E-state index contributed by atoms with van der Waals surface area (Å²) in [6.45, 7) is 0.318. The number of nitro groups is 1. The standard InChI is InChI=1S/C18H17NO5/c1-23-12-15-11-14(8-10-18(15)24-2)17(20)9-7-13-5-3-4-6-16(13)19(21)22/h3-11H,12H2,1-2H3/b9-7+. The maximum absolute atomic E-state index is 12.3. The van der Waals surface area contributed by atoms with E-state index in [0.717, 1.165) is 5.56 Å². The summed E-state index contributed by atoms with van der Waals surface area (Å²) >= 11 is 0. The first-order valence-electron chi connectivity index (χ1n) is 7.18. The molecule has 0 saturated carbocycles. The SMILES string of the molecule is COCc1cc(C(=O)/C=C/c2ccccc2[N+](=O)[O-])ccc1OC. The first-order chi connectivity index (χ1) is 11.6. The first-order valence-corrected chi connectivity index (χ1v) is 7.18. The van der Waals surface area contributed by atoms with Gasteiger partial charge in [0.15, 0.2) is 5.78 Å². The number of benzene rings is 2. The lowest BCUT2D eigenvalue weighted by atomic mass is 10.0. The molecule has 6 heteroatoms. The molecule has 2 aromatic carbocycles. The Balaban J connectivity index is 2.27. The zero-order valence-corrected chi connectivity index (χ0v) is 13.4. The van der Waals surface area contributed by atoms with E-state index >= 15 is 0 Å². The van der Waals surface area contributed by atoms with Crippen molar-refractivity contribution in [3.05, 3.63) is 75.3 Å². The summed E-state index contributed by atoms with van der Waals surface area (Å²) < 4.78 is 10.3. The largest absolute Gasteiger partial charge is 0.496 e. The van der Waals surface area contributed by atoms with E-state index < -0.39 is 4.92 Å². The normalized spacial score (nSPS) is 10.8. The Kier molecular flexibility index (Phi) is 5.81. The summed E-state index contributed by atoms with van der Waals surface area (Å²) in [7, 11) is 3.10. The second-order valence-electron chi connectivity index (χ2n) is 4.97. The van der Waals surface area contributed by atoms with Crippen LogP contribution in [0, 0.1) is 10.1 Å². The highest BCUT2D eigenvalue weighted by atomic mass is 16.6. The average Bonchev–Trinajstić information content (AvgIpc) is 2.60. The van der Waals surface area contributed by atoms with Gasteiger partial charge in [0.25, 0.3) is 5.69 Å². The van der Waals surface area contributed by atoms with Crippen molar-refractivity contribution < 1.29 is 19.2 Å². The number of ketones is 1. The third kappa shape index (κ3) is 4.05. The molecule has 0 unspecified atom stereocenters. The van der Waals surface area contributed by atoms with Gasteiger partial charge in [0.1, 0.15) is 5.75 Å². The molecule has 0 aromatic heterocycles. The molecule has 0 amide bonds. The van der Waals surface area contributed by atoms with Crippen molar-refractivity contribution in [1.82, 2.24) is 0 Å². The average molecular weight is 327 g/mol. The number of carbonyl (C=O) groups excluding carboxylic acids is 1. The molecule has 0 fully saturated rings. The van der Waals surface area contributed by atoms with Crippen molar-refractivity contribution in [3.8, 4) is 5.75 Å². The van der Waals surface area contributed by atoms with Crippen LogP contribution < -0.4 is 4.74 Å². The molecule has 2 aromatic rings. The minimum atomic E-state index is -0.478. The molecule has 24 heavy (non-hydrogen) atoms. The zero-order chi connectivity index (χ0) is 17.5. The molecular formula is C18H17NO5. The number of nitro benzene ring substituents is 1. The van der Waals surface area contributed by atoms with E-state index in [0.29, 0.717) is 23.5 Å². The van der Waals surface area contributed by atoms with E-state index in [1.54, 1.807) is 50.6 Å². The van der Waals surface area contributed by atoms with Crippen molar-refractivity contribution >= 4 is 17.5 Å². The zero-order valence-electron chi connectivity index (χ0n) is 13.4. The van der Waals surface area contributed by atoms with Crippen molar-refractivity contribution in [1.29, 1.82) is 0 Å². The van der Waals surface area contributed by atoms with Gasteiger partial charge >= 0.3 is 0 Å². The second kappa shape index (κ2) is 8.03. The predicted octanol–water partition coefficient (Wildman–Crippen LogP) is 3.65. The van der Waals surface area contributed by atoms with Gasteiger partial charge in [-0.1, -0.05) is 12.1 Å². The Morgan fingerprint density at radius 2 is 1.96 bits per heavy atom. The highest BCUT2D eigenvalue weighted by molar-refractivity contribution is 6.07. The molecule has 0 spiro atoms. The molecule has 0 aliphatic heterocycles. The van der Waals surface area contributed by atoms with Crippen LogP contribution in [0.15, 0.2) is 48.5 Å². The van der Waals surface area contributed by atoms with E-state index in [1.807, 2.05) is 0 Å². The van der Waals surface area contributed by atoms with Gasteiger partial charge in [0, 0.05) is 24.3 Å². The predicted molar refractivity (Wildman–Crippen MR) is 90.2 cm³/mol. The van der Waals surface area contributed by atoms with E-state index in [4.69, 9.17) is 9.47 Å². The quantitative estimate of drug-likeness (QED) is 0.336. The molecule has 124 valence electrons. The third-order valence-electron chi connectivity index (χ3n) is 3.41. The minimum Gasteiger partial charge on any atom is -0.496 e. The first kappa shape index (κ1) is 17.4. The van der Waals surface area contributed by atoms with Crippen LogP contribution in [0.1, 0.15) is 21.5 Å². The number of nitrogens with zero attached hydrogens (tertiary/aromatic N) is 1. The number of allylic oxidation sites excluding steroid dienone is 1. The molecule has 0 radical (unpaired) electrons. The highest BCUT2D eigenvalue weighted by Gasteiger charge is 2.11. The third-order valence-corrected chi connectivity index (χ3v) is 3.41. The van der Waals surface area contributed by atoms with Crippen LogP contribution >= 0.6 is 0 Å². The molecule has 0 saturated heterocycles. The van der Waals surface area contributed by atoms with Crippen LogP contribution in [0.5, 0.6) is 5.75 Å². The number of rotatable bonds is 7. The summed E-state index contributed by atoms with van der Waals surface area (Å²) in [5, 5.41) is 11.0. The van der Waals surface area contributed by atoms with Gasteiger partial charge in [-0.15, -0.1) is 0 Å². The molecular weight excluding hydrogens is 310 g/mol. The van der Waals surface area contributed by atoms with Crippen LogP contribution in [0.3, 0.4) is 0 Å². The minimum absolute atomic E-state index is 0.0450. The molecule has 0 aliphatic rings. The fourth-order valence-electron chi connectivity index (χ4n) is 2.26. The fourth-order valence-corrected chi connectivity index (χ4v) is 2.26. The van der Waals surface area contributed by atoms with Gasteiger partial charge in [0.05, 0.1) is 24.2 Å². The van der Waals surface area contributed by atoms with E-state index in [-0.39, 0.29) is 11.5 Å².